The van der Waals surface area contributed by atoms with Crippen LogP contribution in [0.25, 0.3) is 0 Å². The number of hydrogen-bond acceptors (Lipinski definition) is 4. The predicted molar refractivity (Wildman–Crippen MR) is 63.6 cm³/mol. The maximum atomic E-state index is 5.11. The largest absolute Gasteiger partial charge is 0.480 e. The quantitative estimate of drug-likeness (QED) is 0.705. The monoisotopic (exact) mass is 230 g/mol. The van der Waals surface area contributed by atoms with Gasteiger partial charge in [-0.3, -0.25) is 0 Å². The van der Waals surface area contributed by atoms with Crippen LogP contribution in [0.1, 0.15) is 16.3 Å². The van der Waals surface area contributed by atoms with E-state index in [0.29, 0.717) is 5.88 Å². The molecule has 0 N–H and O–H groups in total. The van der Waals surface area contributed by atoms with Crippen LogP contribution in [0.4, 0.5) is 0 Å². The van der Waals surface area contributed by atoms with Gasteiger partial charge < -0.3 is 4.74 Å². The first-order valence-electron chi connectivity index (χ1n) is 4.73. The van der Waals surface area contributed by atoms with Crippen molar-refractivity contribution in [1.29, 1.82) is 0 Å². The average Bonchev–Trinajstić information content (AvgIpc) is 2.73. The zero-order valence-electron chi connectivity index (χ0n) is 9.02. The Hall–Kier alpha value is -1.86. The molecule has 0 aliphatic carbocycles. The van der Waals surface area contributed by atoms with E-state index in [9.17, 15) is 0 Å². The summed E-state index contributed by atoms with van der Waals surface area (Å²) in [5.41, 5.74) is 1.56. The van der Waals surface area contributed by atoms with Gasteiger partial charge in [-0.15, -0.1) is 11.3 Å². The van der Waals surface area contributed by atoms with Gasteiger partial charge >= 0.3 is 0 Å². The molecule has 0 amide bonds. The molecule has 0 atom stereocenters. The number of aromatic nitrogens is 2. The highest BCUT2D eigenvalue weighted by Crippen LogP contribution is 2.12. The first-order valence-corrected chi connectivity index (χ1v) is 5.60. The van der Waals surface area contributed by atoms with Crippen LogP contribution >= 0.6 is 11.3 Å². The van der Waals surface area contributed by atoms with Gasteiger partial charge in [-0.2, -0.15) is 0 Å². The van der Waals surface area contributed by atoms with E-state index in [1.807, 2.05) is 24.4 Å². The molecule has 2 aromatic heterocycles. The highest BCUT2D eigenvalue weighted by atomic mass is 32.1. The minimum atomic E-state index is 0.543. The van der Waals surface area contributed by atoms with Crippen molar-refractivity contribution >= 4 is 11.3 Å². The number of hydrogen-bond donors (Lipinski definition) is 0. The Morgan fingerprint density at radius 3 is 2.94 bits per heavy atom. The van der Waals surface area contributed by atoms with E-state index in [1.165, 1.54) is 0 Å². The number of nitrogens with zero attached hydrogens (tertiary/aromatic N) is 2. The van der Waals surface area contributed by atoms with E-state index in [-0.39, 0.29) is 0 Å². The maximum Gasteiger partial charge on any atom is 0.229 e. The number of rotatable bonds is 1. The molecule has 0 fully saturated rings. The van der Waals surface area contributed by atoms with E-state index in [1.54, 1.807) is 24.6 Å². The molecule has 2 rings (SSSR count). The van der Waals surface area contributed by atoms with E-state index in [0.717, 1.165) is 16.3 Å². The number of pyridine rings is 1. The van der Waals surface area contributed by atoms with Crippen molar-refractivity contribution < 1.29 is 4.74 Å². The van der Waals surface area contributed by atoms with Crippen LogP contribution in [-0.2, 0) is 0 Å². The van der Waals surface area contributed by atoms with E-state index in [2.05, 4.69) is 21.8 Å². The van der Waals surface area contributed by atoms with Gasteiger partial charge in [-0.25, -0.2) is 9.97 Å². The van der Waals surface area contributed by atoms with Gasteiger partial charge in [-0.1, -0.05) is 5.92 Å². The fourth-order valence-corrected chi connectivity index (χ4v) is 1.75. The lowest BCUT2D eigenvalue weighted by molar-refractivity contribution is 0.396. The molecule has 0 unspecified atom stereocenters. The van der Waals surface area contributed by atoms with Crippen molar-refractivity contribution in [2.45, 2.75) is 6.92 Å². The molecule has 0 aliphatic heterocycles. The zero-order valence-corrected chi connectivity index (χ0v) is 9.84. The van der Waals surface area contributed by atoms with Crippen molar-refractivity contribution in [2.75, 3.05) is 7.11 Å². The lowest BCUT2D eigenvalue weighted by Gasteiger charge is -1.98. The Morgan fingerprint density at radius 1 is 1.38 bits per heavy atom. The third kappa shape index (κ3) is 2.38. The molecule has 2 aromatic rings. The minimum Gasteiger partial charge on any atom is -0.480 e. The van der Waals surface area contributed by atoms with E-state index >= 15 is 0 Å². The molecule has 0 radical (unpaired) electrons. The second kappa shape index (κ2) is 4.77. The summed E-state index contributed by atoms with van der Waals surface area (Å²) in [5, 5.41) is 2.95. The first kappa shape index (κ1) is 10.7. The highest BCUT2D eigenvalue weighted by Gasteiger charge is 1.99. The van der Waals surface area contributed by atoms with Crippen LogP contribution < -0.4 is 4.74 Å². The number of ether oxygens (including phenoxy) is 1. The van der Waals surface area contributed by atoms with Crippen molar-refractivity contribution in [3.63, 3.8) is 0 Å². The molecule has 80 valence electrons. The van der Waals surface area contributed by atoms with E-state index < -0.39 is 0 Å². The third-order valence-corrected chi connectivity index (χ3v) is 2.68. The van der Waals surface area contributed by atoms with Crippen LogP contribution in [0.2, 0.25) is 0 Å². The second-order valence-electron chi connectivity index (χ2n) is 3.06. The van der Waals surface area contributed by atoms with Crippen LogP contribution in [0, 0.1) is 18.8 Å². The van der Waals surface area contributed by atoms with Crippen molar-refractivity contribution in [3.8, 4) is 17.7 Å². The lowest BCUT2D eigenvalue weighted by Crippen LogP contribution is -1.90. The Bertz CT molecular complexity index is 551. The fourth-order valence-electron chi connectivity index (χ4n) is 1.20. The fraction of sp³-hybridized carbons (Fsp3) is 0.167. The predicted octanol–water partition coefficient (Wildman–Crippen LogP) is 2.25. The topological polar surface area (TPSA) is 35.0 Å². The van der Waals surface area contributed by atoms with Gasteiger partial charge in [0.25, 0.3) is 0 Å². The molecule has 3 nitrogen and oxygen atoms in total. The van der Waals surface area contributed by atoms with Crippen LogP contribution in [-0.4, -0.2) is 17.1 Å². The van der Waals surface area contributed by atoms with Gasteiger partial charge in [0.15, 0.2) is 0 Å². The molecule has 0 bridgehead atoms. The summed E-state index contributed by atoms with van der Waals surface area (Å²) in [6.45, 7) is 1.96. The van der Waals surface area contributed by atoms with Gasteiger partial charge in [0, 0.05) is 11.6 Å². The zero-order chi connectivity index (χ0) is 11.4. The molecule has 16 heavy (non-hydrogen) atoms. The van der Waals surface area contributed by atoms with E-state index in [4.69, 9.17) is 4.74 Å². The Balaban J connectivity index is 2.30. The van der Waals surface area contributed by atoms with Crippen LogP contribution in [0.5, 0.6) is 5.88 Å². The van der Waals surface area contributed by atoms with Gasteiger partial charge in [0.1, 0.15) is 5.69 Å². The second-order valence-corrected chi connectivity index (χ2v) is 4.12. The molecular formula is C12H10N2OS. The molecule has 0 aromatic carbocycles. The highest BCUT2D eigenvalue weighted by molar-refractivity contribution is 7.09. The summed E-state index contributed by atoms with van der Waals surface area (Å²) in [4.78, 5) is 8.34. The Kier molecular flexibility index (Phi) is 3.18. The van der Waals surface area contributed by atoms with Crippen molar-refractivity contribution in [1.82, 2.24) is 9.97 Å². The van der Waals surface area contributed by atoms with Gasteiger partial charge in [0.2, 0.25) is 5.88 Å². The molecule has 0 saturated heterocycles. The summed E-state index contributed by atoms with van der Waals surface area (Å²) < 4.78 is 5.11. The molecule has 2 heterocycles. The summed E-state index contributed by atoms with van der Waals surface area (Å²) >= 11 is 1.59. The minimum absolute atomic E-state index is 0.543. The maximum absolute atomic E-state index is 5.11. The standard InChI is InChI=1S/C12H10N2OS/c1-9-14-11(8-16-9)6-5-10-4-3-7-13-12(10)15-2/h3-4,7-8H,1-2H3. The summed E-state index contributed by atoms with van der Waals surface area (Å²) in [5.74, 6) is 6.53. The third-order valence-electron chi connectivity index (χ3n) is 1.91. The molecule has 0 spiro atoms. The summed E-state index contributed by atoms with van der Waals surface area (Å²) in [6, 6.07) is 3.71. The SMILES string of the molecule is COc1ncccc1C#Cc1csc(C)n1. The van der Waals surface area contributed by atoms with Crippen molar-refractivity contribution in [2.24, 2.45) is 0 Å². The number of aryl methyl sites for hydroxylation is 1. The molecule has 4 heteroatoms. The molecular weight excluding hydrogens is 220 g/mol. The Morgan fingerprint density at radius 2 is 2.25 bits per heavy atom. The normalized spacial score (nSPS) is 9.38. The smallest absolute Gasteiger partial charge is 0.229 e. The average molecular weight is 230 g/mol. The van der Waals surface area contributed by atoms with Crippen molar-refractivity contribution in [3.05, 3.63) is 40.0 Å². The first-order chi connectivity index (χ1) is 7.79. The van der Waals surface area contributed by atoms with Gasteiger partial charge in [-0.05, 0) is 25.0 Å². The van der Waals surface area contributed by atoms with Crippen LogP contribution in [0.3, 0.4) is 0 Å². The van der Waals surface area contributed by atoms with Gasteiger partial charge in [0.05, 0.1) is 17.7 Å². The Labute approximate surface area is 98.1 Å². The number of thiazole rings is 1. The molecule has 0 saturated carbocycles. The molecule has 0 aliphatic rings. The number of methoxy groups -OCH3 is 1. The van der Waals surface area contributed by atoms with Crippen LogP contribution in [0.15, 0.2) is 23.7 Å². The lowest BCUT2D eigenvalue weighted by atomic mass is 10.2. The summed E-state index contributed by atoms with van der Waals surface area (Å²) in [6.07, 6.45) is 1.68. The summed E-state index contributed by atoms with van der Waals surface area (Å²) in [7, 11) is 1.58.